The first kappa shape index (κ1) is 15.8. The lowest BCUT2D eigenvalue weighted by atomic mass is 10.0. The molecule has 0 spiro atoms. The first-order chi connectivity index (χ1) is 9.52. The Bertz CT molecular complexity index is 619. The maximum absolute atomic E-state index is 13.3. The van der Waals surface area contributed by atoms with Crippen LogP contribution in [0, 0.1) is 5.82 Å². The van der Waals surface area contributed by atoms with E-state index in [-0.39, 0.29) is 11.2 Å². The van der Waals surface area contributed by atoms with Crippen LogP contribution in [-0.4, -0.2) is 6.61 Å². The number of halogens is 4. The maximum Gasteiger partial charge on any atom is 0.137 e. The molecule has 0 N–H and O–H groups in total. The second kappa shape index (κ2) is 6.92. The highest BCUT2D eigenvalue weighted by Gasteiger charge is 2.16. The largest absolute Gasteiger partial charge is 0.494 e. The van der Waals surface area contributed by atoms with Gasteiger partial charge in [0.15, 0.2) is 0 Å². The maximum atomic E-state index is 13.3. The van der Waals surface area contributed by atoms with Gasteiger partial charge < -0.3 is 4.74 Å². The van der Waals surface area contributed by atoms with Gasteiger partial charge in [0.05, 0.1) is 16.5 Å². The van der Waals surface area contributed by atoms with Crippen molar-refractivity contribution in [3.05, 3.63) is 62.3 Å². The van der Waals surface area contributed by atoms with Crippen molar-refractivity contribution in [2.24, 2.45) is 0 Å². The first-order valence-corrected chi connectivity index (χ1v) is 8.06. The number of hydrogen-bond acceptors (Lipinski definition) is 1. The van der Waals surface area contributed by atoms with Crippen LogP contribution >= 0.6 is 43.5 Å². The molecule has 1 atom stereocenters. The van der Waals surface area contributed by atoms with E-state index in [4.69, 9.17) is 16.3 Å². The Labute approximate surface area is 139 Å². The van der Waals surface area contributed by atoms with E-state index in [1.165, 1.54) is 6.07 Å². The van der Waals surface area contributed by atoms with Gasteiger partial charge >= 0.3 is 0 Å². The van der Waals surface area contributed by atoms with Gasteiger partial charge in [-0.15, -0.1) is 11.6 Å². The topological polar surface area (TPSA) is 9.23 Å². The van der Waals surface area contributed by atoms with Gasteiger partial charge in [0, 0.05) is 4.47 Å². The fraction of sp³-hybridized carbons (Fsp3) is 0.200. The van der Waals surface area contributed by atoms with Gasteiger partial charge in [0.1, 0.15) is 11.6 Å². The lowest BCUT2D eigenvalue weighted by molar-refractivity contribution is 0.340. The van der Waals surface area contributed by atoms with E-state index in [0.29, 0.717) is 11.1 Å². The molecular formula is C15H12Br2ClFO. The van der Waals surface area contributed by atoms with Crippen LogP contribution in [0.1, 0.15) is 23.4 Å². The van der Waals surface area contributed by atoms with E-state index in [1.807, 2.05) is 25.1 Å². The Morgan fingerprint density at radius 2 is 1.90 bits per heavy atom. The summed E-state index contributed by atoms with van der Waals surface area (Å²) in [6.45, 7) is 2.54. The van der Waals surface area contributed by atoms with Crippen molar-refractivity contribution in [2.75, 3.05) is 6.61 Å². The van der Waals surface area contributed by atoms with E-state index in [2.05, 4.69) is 31.9 Å². The first-order valence-electron chi connectivity index (χ1n) is 6.04. The van der Waals surface area contributed by atoms with Crippen molar-refractivity contribution in [1.29, 1.82) is 0 Å². The summed E-state index contributed by atoms with van der Waals surface area (Å²) in [5, 5.41) is -0.364. The fourth-order valence-corrected chi connectivity index (χ4v) is 3.26. The monoisotopic (exact) mass is 420 g/mol. The summed E-state index contributed by atoms with van der Waals surface area (Å²) in [5.41, 5.74) is 1.73. The van der Waals surface area contributed by atoms with Crippen molar-refractivity contribution in [1.82, 2.24) is 0 Å². The highest BCUT2D eigenvalue weighted by Crippen LogP contribution is 2.36. The average Bonchev–Trinajstić information content (AvgIpc) is 2.42. The molecule has 0 heterocycles. The van der Waals surface area contributed by atoms with E-state index >= 15 is 0 Å². The molecule has 0 fully saturated rings. The molecule has 0 aliphatic rings. The van der Waals surface area contributed by atoms with Gasteiger partial charge in [-0.3, -0.25) is 0 Å². The number of ether oxygens (including phenoxy) is 1. The Hall–Kier alpha value is -0.580. The van der Waals surface area contributed by atoms with Crippen molar-refractivity contribution in [3.63, 3.8) is 0 Å². The molecule has 20 heavy (non-hydrogen) atoms. The number of rotatable bonds is 4. The van der Waals surface area contributed by atoms with Crippen LogP contribution in [0.4, 0.5) is 4.39 Å². The Kier molecular flexibility index (Phi) is 5.47. The number of benzene rings is 2. The third kappa shape index (κ3) is 3.54. The Balaban J connectivity index is 2.32. The lowest BCUT2D eigenvalue weighted by Crippen LogP contribution is -1.97. The molecule has 0 aromatic heterocycles. The fourth-order valence-electron chi connectivity index (χ4n) is 1.82. The van der Waals surface area contributed by atoms with Crippen LogP contribution in [0.25, 0.3) is 0 Å². The molecule has 0 bridgehead atoms. The summed E-state index contributed by atoms with van der Waals surface area (Å²) in [4.78, 5) is 0. The Morgan fingerprint density at radius 1 is 1.15 bits per heavy atom. The molecule has 1 unspecified atom stereocenters. The van der Waals surface area contributed by atoms with Crippen LogP contribution < -0.4 is 4.74 Å². The third-order valence-corrected chi connectivity index (χ3v) is 4.57. The summed E-state index contributed by atoms with van der Waals surface area (Å²) in [7, 11) is 0. The molecule has 0 aliphatic heterocycles. The van der Waals surface area contributed by atoms with E-state index < -0.39 is 0 Å². The quantitative estimate of drug-likeness (QED) is 0.543. The molecule has 106 valence electrons. The molecule has 1 nitrogen and oxygen atoms in total. The predicted octanol–water partition coefficient (Wildman–Crippen LogP) is 6.08. The van der Waals surface area contributed by atoms with Gasteiger partial charge in [-0.25, -0.2) is 4.39 Å². The summed E-state index contributed by atoms with van der Waals surface area (Å²) >= 11 is 13.1. The van der Waals surface area contributed by atoms with Crippen LogP contribution in [0.5, 0.6) is 5.75 Å². The molecule has 2 aromatic carbocycles. The van der Waals surface area contributed by atoms with Crippen molar-refractivity contribution < 1.29 is 9.13 Å². The summed E-state index contributed by atoms with van der Waals surface area (Å²) in [5.74, 6) is 0.482. The molecule has 0 aliphatic carbocycles. The van der Waals surface area contributed by atoms with Gasteiger partial charge in [-0.1, -0.05) is 28.1 Å². The standard InChI is InChI=1S/C15H12Br2ClFO/c1-2-20-10-4-5-11(12(16)8-10)15(18)9-3-6-14(19)13(17)7-9/h3-8,15H,2H2,1H3. The minimum Gasteiger partial charge on any atom is -0.494 e. The highest BCUT2D eigenvalue weighted by molar-refractivity contribution is 9.10. The van der Waals surface area contributed by atoms with Crippen LogP contribution in [0.15, 0.2) is 45.3 Å². The summed E-state index contributed by atoms with van der Waals surface area (Å²) < 4.78 is 20.0. The smallest absolute Gasteiger partial charge is 0.137 e. The van der Waals surface area contributed by atoms with Crippen molar-refractivity contribution in [3.8, 4) is 5.75 Å². The van der Waals surface area contributed by atoms with E-state index in [9.17, 15) is 4.39 Å². The average molecular weight is 423 g/mol. The van der Waals surface area contributed by atoms with E-state index in [1.54, 1.807) is 12.1 Å². The molecule has 2 rings (SSSR count). The molecule has 2 aromatic rings. The second-order valence-electron chi connectivity index (χ2n) is 4.15. The highest BCUT2D eigenvalue weighted by atomic mass is 79.9. The zero-order valence-electron chi connectivity index (χ0n) is 10.7. The Morgan fingerprint density at radius 3 is 2.50 bits per heavy atom. The van der Waals surface area contributed by atoms with Crippen LogP contribution in [0.3, 0.4) is 0 Å². The molecule has 0 saturated carbocycles. The van der Waals surface area contributed by atoms with Crippen LogP contribution in [-0.2, 0) is 0 Å². The van der Waals surface area contributed by atoms with Crippen molar-refractivity contribution in [2.45, 2.75) is 12.3 Å². The molecule has 0 amide bonds. The van der Waals surface area contributed by atoms with Gasteiger partial charge in [0.25, 0.3) is 0 Å². The third-order valence-electron chi connectivity index (χ3n) is 2.79. The van der Waals surface area contributed by atoms with Crippen LogP contribution in [0.2, 0.25) is 0 Å². The molecule has 0 saturated heterocycles. The van der Waals surface area contributed by atoms with Crippen molar-refractivity contribution >= 4 is 43.5 Å². The predicted molar refractivity (Wildman–Crippen MR) is 87.1 cm³/mol. The molecule has 0 radical (unpaired) electrons. The second-order valence-corrected chi connectivity index (χ2v) is 6.30. The van der Waals surface area contributed by atoms with Gasteiger partial charge in [-0.05, 0) is 58.2 Å². The normalized spacial score (nSPS) is 12.2. The number of hydrogen-bond donors (Lipinski definition) is 0. The van der Waals surface area contributed by atoms with Gasteiger partial charge in [0.2, 0.25) is 0 Å². The summed E-state index contributed by atoms with van der Waals surface area (Å²) in [6, 6.07) is 10.4. The minimum atomic E-state index is -0.364. The zero-order chi connectivity index (χ0) is 14.7. The van der Waals surface area contributed by atoms with Gasteiger partial charge in [-0.2, -0.15) is 0 Å². The zero-order valence-corrected chi connectivity index (χ0v) is 14.6. The van der Waals surface area contributed by atoms with E-state index in [0.717, 1.165) is 21.3 Å². The SMILES string of the molecule is CCOc1ccc(C(Cl)c2ccc(F)c(Br)c2)c(Br)c1. The molecular weight excluding hydrogens is 410 g/mol. The number of alkyl halides is 1. The lowest BCUT2D eigenvalue weighted by Gasteiger charge is -2.14. The summed E-state index contributed by atoms with van der Waals surface area (Å²) in [6.07, 6.45) is 0. The molecule has 5 heteroatoms. The minimum absolute atomic E-state index is 0.302.